The van der Waals surface area contributed by atoms with Crippen LogP contribution in [0.4, 0.5) is 11.6 Å². The first-order valence-electron chi connectivity index (χ1n) is 7.88. The maximum Gasteiger partial charge on any atom is 0.256 e. The molecular weight excluding hydrogens is 304 g/mol. The van der Waals surface area contributed by atoms with Gasteiger partial charge in [0.1, 0.15) is 5.82 Å². The summed E-state index contributed by atoms with van der Waals surface area (Å²) < 4.78 is 4.95. The van der Waals surface area contributed by atoms with E-state index in [9.17, 15) is 4.79 Å². The Morgan fingerprint density at radius 2 is 1.67 bits per heavy atom. The van der Waals surface area contributed by atoms with Gasteiger partial charge in [-0.25, -0.2) is 0 Å². The Morgan fingerprint density at radius 3 is 2.21 bits per heavy atom. The number of carbonyl (C=O) groups is 1. The van der Waals surface area contributed by atoms with Crippen LogP contribution in [0, 0.1) is 0 Å². The SMILES string of the molecule is COCCNc1ccc(NC(=O)c2ccc(C(C)(C)C)cc2)nn1. The van der Waals surface area contributed by atoms with E-state index in [1.54, 1.807) is 19.2 Å². The molecule has 2 aromatic rings. The fourth-order valence-corrected chi connectivity index (χ4v) is 2.08. The summed E-state index contributed by atoms with van der Waals surface area (Å²) in [5, 5.41) is 13.8. The van der Waals surface area contributed by atoms with Gasteiger partial charge in [-0.3, -0.25) is 4.79 Å². The number of carbonyl (C=O) groups excluding carboxylic acids is 1. The zero-order chi connectivity index (χ0) is 17.6. The van der Waals surface area contributed by atoms with E-state index >= 15 is 0 Å². The molecule has 0 aliphatic carbocycles. The third-order valence-corrected chi connectivity index (χ3v) is 3.53. The van der Waals surface area contributed by atoms with Gasteiger partial charge in [0.25, 0.3) is 5.91 Å². The maximum absolute atomic E-state index is 12.3. The summed E-state index contributed by atoms with van der Waals surface area (Å²) in [4.78, 5) is 12.3. The van der Waals surface area contributed by atoms with Gasteiger partial charge in [-0.15, -0.1) is 10.2 Å². The molecule has 0 saturated carbocycles. The molecule has 0 atom stereocenters. The first kappa shape index (κ1) is 17.9. The molecule has 1 aromatic heterocycles. The molecule has 0 fully saturated rings. The number of methoxy groups -OCH3 is 1. The summed E-state index contributed by atoms with van der Waals surface area (Å²) in [5.74, 6) is 0.849. The van der Waals surface area contributed by atoms with Crippen LogP contribution in [0.5, 0.6) is 0 Å². The molecule has 0 bridgehead atoms. The van der Waals surface area contributed by atoms with Gasteiger partial charge in [-0.1, -0.05) is 32.9 Å². The van der Waals surface area contributed by atoms with Crippen LogP contribution in [0.1, 0.15) is 36.7 Å². The van der Waals surface area contributed by atoms with Crippen LogP contribution in [-0.2, 0) is 10.2 Å². The van der Waals surface area contributed by atoms with Gasteiger partial charge in [-0.2, -0.15) is 0 Å². The fraction of sp³-hybridized carbons (Fsp3) is 0.389. The van der Waals surface area contributed by atoms with Crippen LogP contribution < -0.4 is 10.6 Å². The van der Waals surface area contributed by atoms with Crippen molar-refractivity contribution < 1.29 is 9.53 Å². The van der Waals surface area contributed by atoms with Crippen molar-refractivity contribution in [2.75, 3.05) is 30.9 Å². The lowest BCUT2D eigenvalue weighted by atomic mass is 9.87. The number of hydrogen-bond acceptors (Lipinski definition) is 5. The van der Waals surface area contributed by atoms with Gasteiger partial charge < -0.3 is 15.4 Å². The molecule has 0 spiro atoms. The number of anilines is 2. The number of nitrogens with zero attached hydrogens (tertiary/aromatic N) is 2. The molecular formula is C18H24N4O2. The van der Waals surface area contributed by atoms with E-state index < -0.39 is 0 Å². The topological polar surface area (TPSA) is 76.1 Å². The van der Waals surface area contributed by atoms with Crippen molar-refractivity contribution in [1.82, 2.24) is 10.2 Å². The smallest absolute Gasteiger partial charge is 0.256 e. The Balaban J connectivity index is 1.96. The number of ether oxygens (including phenoxy) is 1. The fourth-order valence-electron chi connectivity index (χ4n) is 2.08. The second kappa shape index (κ2) is 7.88. The van der Waals surface area contributed by atoms with E-state index in [1.807, 2.05) is 24.3 Å². The van der Waals surface area contributed by atoms with E-state index in [0.717, 1.165) is 0 Å². The molecule has 1 heterocycles. The molecule has 0 aliphatic rings. The Hall–Kier alpha value is -2.47. The van der Waals surface area contributed by atoms with Crippen LogP contribution in [0.25, 0.3) is 0 Å². The Morgan fingerprint density at radius 1 is 1.04 bits per heavy atom. The molecule has 0 radical (unpaired) electrons. The van der Waals surface area contributed by atoms with Crippen LogP contribution >= 0.6 is 0 Å². The molecule has 1 aromatic carbocycles. The van der Waals surface area contributed by atoms with Crippen molar-refractivity contribution in [3.05, 3.63) is 47.5 Å². The second-order valence-corrected chi connectivity index (χ2v) is 6.50. The van der Waals surface area contributed by atoms with Crippen LogP contribution in [0.2, 0.25) is 0 Å². The normalized spacial score (nSPS) is 11.2. The second-order valence-electron chi connectivity index (χ2n) is 6.50. The Bertz CT molecular complexity index is 661. The number of amides is 1. The largest absolute Gasteiger partial charge is 0.383 e. The molecule has 6 heteroatoms. The first-order valence-corrected chi connectivity index (χ1v) is 7.88. The highest BCUT2D eigenvalue weighted by Gasteiger charge is 2.14. The number of hydrogen-bond donors (Lipinski definition) is 2. The molecule has 2 N–H and O–H groups in total. The number of rotatable bonds is 6. The minimum absolute atomic E-state index is 0.0616. The first-order chi connectivity index (χ1) is 11.4. The van der Waals surface area contributed by atoms with Gasteiger partial charge in [0.05, 0.1) is 6.61 Å². The molecule has 0 saturated heterocycles. The molecule has 0 aliphatic heterocycles. The Kier molecular flexibility index (Phi) is 5.87. The summed E-state index contributed by atoms with van der Waals surface area (Å²) in [6.45, 7) is 7.65. The summed E-state index contributed by atoms with van der Waals surface area (Å²) in [7, 11) is 1.64. The quantitative estimate of drug-likeness (QED) is 0.797. The molecule has 0 unspecified atom stereocenters. The molecule has 6 nitrogen and oxygen atoms in total. The lowest BCUT2D eigenvalue weighted by molar-refractivity contribution is 0.102. The van der Waals surface area contributed by atoms with Crippen molar-refractivity contribution in [3.63, 3.8) is 0 Å². The van der Waals surface area contributed by atoms with E-state index in [4.69, 9.17) is 4.74 Å². The molecule has 2 rings (SSSR count). The van der Waals surface area contributed by atoms with Gasteiger partial charge in [0, 0.05) is 19.2 Å². The van der Waals surface area contributed by atoms with Gasteiger partial charge in [-0.05, 0) is 35.2 Å². The highest BCUT2D eigenvalue weighted by Crippen LogP contribution is 2.22. The average molecular weight is 328 g/mol. The van der Waals surface area contributed by atoms with Crippen molar-refractivity contribution in [1.29, 1.82) is 0 Å². The number of nitrogens with one attached hydrogen (secondary N) is 2. The standard InChI is InChI=1S/C18H24N4O2/c1-18(2,3)14-7-5-13(6-8-14)17(23)20-16-10-9-15(21-22-16)19-11-12-24-4/h5-10H,11-12H2,1-4H3,(H,19,21)(H,20,22,23). The van der Waals surface area contributed by atoms with E-state index in [0.29, 0.717) is 30.4 Å². The van der Waals surface area contributed by atoms with Crippen molar-refractivity contribution in [2.24, 2.45) is 0 Å². The summed E-state index contributed by atoms with van der Waals surface area (Å²) in [6.07, 6.45) is 0. The van der Waals surface area contributed by atoms with Crippen LogP contribution in [0.15, 0.2) is 36.4 Å². The van der Waals surface area contributed by atoms with E-state index in [2.05, 4.69) is 41.6 Å². The van der Waals surface area contributed by atoms with Crippen molar-refractivity contribution in [3.8, 4) is 0 Å². The van der Waals surface area contributed by atoms with Gasteiger partial charge >= 0.3 is 0 Å². The monoisotopic (exact) mass is 328 g/mol. The predicted octanol–water partition coefficient (Wildman–Crippen LogP) is 3.08. The van der Waals surface area contributed by atoms with Crippen molar-refractivity contribution in [2.45, 2.75) is 26.2 Å². The van der Waals surface area contributed by atoms with E-state index in [1.165, 1.54) is 5.56 Å². The summed E-state index contributed by atoms with van der Waals surface area (Å²) >= 11 is 0. The summed E-state index contributed by atoms with van der Waals surface area (Å²) in [5.41, 5.74) is 1.84. The van der Waals surface area contributed by atoms with Crippen LogP contribution in [0.3, 0.4) is 0 Å². The zero-order valence-electron chi connectivity index (χ0n) is 14.6. The third-order valence-electron chi connectivity index (χ3n) is 3.53. The third kappa shape index (κ3) is 5.03. The predicted molar refractivity (Wildman–Crippen MR) is 95.5 cm³/mol. The highest BCUT2D eigenvalue weighted by atomic mass is 16.5. The minimum Gasteiger partial charge on any atom is -0.383 e. The molecule has 1 amide bonds. The molecule has 128 valence electrons. The van der Waals surface area contributed by atoms with Crippen LogP contribution in [-0.4, -0.2) is 36.4 Å². The van der Waals surface area contributed by atoms with E-state index in [-0.39, 0.29) is 11.3 Å². The maximum atomic E-state index is 12.3. The lowest BCUT2D eigenvalue weighted by Crippen LogP contribution is -2.15. The average Bonchev–Trinajstić information content (AvgIpc) is 2.56. The number of benzene rings is 1. The lowest BCUT2D eigenvalue weighted by Gasteiger charge is -2.19. The van der Waals surface area contributed by atoms with Gasteiger partial charge in [0.2, 0.25) is 0 Å². The highest BCUT2D eigenvalue weighted by molar-refractivity contribution is 6.03. The van der Waals surface area contributed by atoms with Gasteiger partial charge in [0.15, 0.2) is 5.82 Å². The zero-order valence-corrected chi connectivity index (χ0v) is 14.6. The van der Waals surface area contributed by atoms with Crippen molar-refractivity contribution >= 4 is 17.5 Å². The number of aromatic nitrogens is 2. The minimum atomic E-state index is -0.204. The summed E-state index contributed by atoms with van der Waals surface area (Å²) in [6, 6.07) is 11.1. The Labute approximate surface area is 142 Å². The molecule has 24 heavy (non-hydrogen) atoms.